The van der Waals surface area contributed by atoms with Crippen molar-refractivity contribution in [2.45, 2.75) is 11.8 Å². The number of anilines is 2. The zero-order chi connectivity index (χ0) is 16.1. The van der Waals surface area contributed by atoms with Crippen molar-refractivity contribution in [2.24, 2.45) is 0 Å². The monoisotopic (exact) mass is 348 g/mol. The first-order valence-electron chi connectivity index (χ1n) is 7.70. The molecular weight excluding hydrogens is 328 g/mol. The third-order valence-corrected chi connectivity index (χ3v) is 5.47. The van der Waals surface area contributed by atoms with E-state index >= 15 is 0 Å². The van der Waals surface area contributed by atoms with E-state index in [1.807, 2.05) is 40.7 Å². The zero-order valence-corrected chi connectivity index (χ0v) is 14.7. The average molecular weight is 348 g/mol. The smallest absolute Gasteiger partial charge is 0.321 e. The maximum Gasteiger partial charge on any atom is 0.321 e. The van der Waals surface area contributed by atoms with Crippen LogP contribution in [0.2, 0.25) is 0 Å². The van der Waals surface area contributed by atoms with Gasteiger partial charge >= 0.3 is 6.03 Å². The molecular formula is C16H20N4OS2. The van der Waals surface area contributed by atoms with Crippen molar-refractivity contribution >= 4 is 39.9 Å². The Kier molecular flexibility index (Phi) is 5.40. The summed E-state index contributed by atoms with van der Waals surface area (Å²) in [7, 11) is 0. The Balaban J connectivity index is 1.58. The lowest BCUT2D eigenvalue weighted by Crippen LogP contribution is -2.50. The number of para-hydroxylation sites is 1. The summed E-state index contributed by atoms with van der Waals surface area (Å²) >= 11 is 3.38. The number of hydrogen-bond donors (Lipinski definition) is 1. The molecule has 1 saturated heterocycles. The van der Waals surface area contributed by atoms with Crippen LogP contribution in [0.4, 0.5) is 15.6 Å². The first-order chi connectivity index (χ1) is 11.3. The summed E-state index contributed by atoms with van der Waals surface area (Å²) in [6, 6.07) is 7.94. The number of thiazole rings is 1. The molecule has 0 spiro atoms. The number of piperazine rings is 1. The molecule has 0 aliphatic carbocycles. The van der Waals surface area contributed by atoms with E-state index in [-0.39, 0.29) is 6.03 Å². The largest absolute Gasteiger partial charge is 0.345 e. The van der Waals surface area contributed by atoms with Crippen molar-refractivity contribution in [1.29, 1.82) is 0 Å². The highest BCUT2D eigenvalue weighted by Gasteiger charge is 2.22. The van der Waals surface area contributed by atoms with Gasteiger partial charge in [-0.1, -0.05) is 19.1 Å². The van der Waals surface area contributed by atoms with E-state index in [2.05, 4.69) is 22.1 Å². The molecule has 122 valence electrons. The maximum absolute atomic E-state index is 12.5. The Bertz CT molecular complexity index is 639. The number of thioether (sulfide) groups is 1. The van der Waals surface area contributed by atoms with Gasteiger partial charge in [-0.3, -0.25) is 0 Å². The van der Waals surface area contributed by atoms with Crippen molar-refractivity contribution in [1.82, 2.24) is 9.88 Å². The Morgan fingerprint density at radius 2 is 2.09 bits per heavy atom. The van der Waals surface area contributed by atoms with Gasteiger partial charge in [0.25, 0.3) is 0 Å². The van der Waals surface area contributed by atoms with Crippen LogP contribution in [0.5, 0.6) is 0 Å². The molecule has 0 unspecified atom stereocenters. The Hall–Kier alpha value is -1.73. The van der Waals surface area contributed by atoms with Crippen LogP contribution in [0, 0.1) is 0 Å². The Labute approximate surface area is 144 Å². The first kappa shape index (κ1) is 16.1. The van der Waals surface area contributed by atoms with Crippen molar-refractivity contribution in [3.05, 3.63) is 35.8 Å². The zero-order valence-electron chi connectivity index (χ0n) is 13.1. The van der Waals surface area contributed by atoms with Gasteiger partial charge in [-0.2, -0.15) is 0 Å². The maximum atomic E-state index is 12.5. The standard InChI is InChI=1S/C16H20N4OS2/c1-2-22-14-6-4-3-5-13(14)18-15(21)19-8-10-20(11-9-19)16-17-7-12-23-16/h3-7,12H,2,8-11H2,1H3,(H,18,21). The van der Waals surface area contributed by atoms with Crippen molar-refractivity contribution in [3.63, 3.8) is 0 Å². The molecule has 2 heterocycles. The van der Waals surface area contributed by atoms with Gasteiger partial charge in [-0.05, 0) is 17.9 Å². The second-order valence-electron chi connectivity index (χ2n) is 5.15. The van der Waals surface area contributed by atoms with Gasteiger partial charge in [0.1, 0.15) is 0 Å². The second-order valence-corrected chi connectivity index (χ2v) is 7.33. The summed E-state index contributed by atoms with van der Waals surface area (Å²) in [5.41, 5.74) is 0.895. The lowest BCUT2D eigenvalue weighted by atomic mass is 10.3. The van der Waals surface area contributed by atoms with Crippen LogP contribution in [-0.2, 0) is 0 Å². The fraction of sp³-hybridized carbons (Fsp3) is 0.375. The van der Waals surface area contributed by atoms with Crippen molar-refractivity contribution in [2.75, 3.05) is 42.1 Å². The fourth-order valence-electron chi connectivity index (χ4n) is 2.52. The van der Waals surface area contributed by atoms with E-state index in [9.17, 15) is 4.79 Å². The number of hydrogen-bond acceptors (Lipinski definition) is 5. The summed E-state index contributed by atoms with van der Waals surface area (Å²) < 4.78 is 0. The highest BCUT2D eigenvalue weighted by molar-refractivity contribution is 7.99. The third-order valence-electron chi connectivity index (χ3n) is 3.69. The second kappa shape index (κ2) is 7.70. The Morgan fingerprint density at radius 1 is 1.30 bits per heavy atom. The number of carbonyl (C=O) groups is 1. The summed E-state index contributed by atoms with van der Waals surface area (Å²) in [6.45, 7) is 5.20. The van der Waals surface area contributed by atoms with Gasteiger partial charge in [0.05, 0.1) is 5.69 Å². The molecule has 1 aliphatic rings. The van der Waals surface area contributed by atoms with Crippen LogP contribution in [0.1, 0.15) is 6.92 Å². The molecule has 0 atom stereocenters. The number of aromatic nitrogens is 1. The van der Waals surface area contributed by atoms with Gasteiger partial charge in [0, 0.05) is 42.7 Å². The predicted octanol–water partition coefficient (Wildman–Crippen LogP) is 3.61. The number of benzene rings is 1. The molecule has 1 fully saturated rings. The quantitative estimate of drug-likeness (QED) is 0.858. The van der Waals surface area contributed by atoms with Crippen LogP contribution < -0.4 is 10.2 Å². The molecule has 3 rings (SSSR count). The summed E-state index contributed by atoms with van der Waals surface area (Å²) in [5, 5.41) is 6.07. The fourth-order valence-corrected chi connectivity index (χ4v) is 3.98. The minimum atomic E-state index is -0.0204. The van der Waals surface area contributed by atoms with Crippen molar-refractivity contribution in [3.8, 4) is 0 Å². The topological polar surface area (TPSA) is 48.5 Å². The number of amides is 2. The summed E-state index contributed by atoms with van der Waals surface area (Å²) in [6.07, 6.45) is 1.82. The van der Waals surface area contributed by atoms with Gasteiger partial charge in [0.15, 0.2) is 5.13 Å². The van der Waals surface area contributed by atoms with E-state index in [4.69, 9.17) is 0 Å². The third kappa shape index (κ3) is 3.97. The Morgan fingerprint density at radius 3 is 2.78 bits per heavy atom. The molecule has 5 nitrogen and oxygen atoms in total. The van der Waals surface area contributed by atoms with E-state index < -0.39 is 0 Å². The van der Waals surface area contributed by atoms with Crippen LogP contribution in [0.3, 0.4) is 0 Å². The van der Waals surface area contributed by atoms with Crippen LogP contribution in [0.15, 0.2) is 40.7 Å². The highest BCUT2D eigenvalue weighted by Crippen LogP contribution is 2.27. The molecule has 7 heteroatoms. The number of carbonyl (C=O) groups excluding carboxylic acids is 1. The van der Waals surface area contributed by atoms with E-state index in [0.717, 1.165) is 34.6 Å². The van der Waals surface area contributed by atoms with Gasteiger partial charge < -0.3 is 15.1 Å². The normalized spacial score (nSPS) is 14.8. The van der Waals surface area contributed by atoms with Crippen LogP contribution in [0.25, 0.3) is 0 Å². The molecule has 0 saturated carbocycles. The average Bonchev–Trinajstić information content (AvgIpc) is 3.11. The minimum Gasteiger partial charge on any atom is -0.345 e. The molecule has 23 heavy (non-hydrogen) atoms. The van der Waals surface area contributed by atoms with E-state index in [0.29, 0.717) is 13.1 Å². The summed E-state index contributed by atoms with van der Waals surface area (Å²) in [4.78, 5) is 22.0. The molecule has 1 aromatic heterocycles. The SMILES string of the molecule is CCSc1ccccc1NC(=O)N1CCN(c2nccs2)CC1. The number of urea groups is 1. The van der Waals surface area contributed by atoms with Crippen molar-refractivity contribution < 1.29 is 4.79 Å². The molecule has 0 bridgehead atoms. The number of rotatable bonds is 4. The molecule has 2 amide bonds. The molecule has 1 aliphatic heterocycles. The summed E-state index contributed by atoms with van der Waals surface area (Å²) in [5.74, 6) is 0.985. The molecule has 1 aromatic carbocycles. The van der Waals surface area contributed by atoms with Gasteiger partial charge in [-0.15, -0.1) is 23.1 Å². The van der Waals surface area contributed by atoms with Crippen LogP contribution in [-0.4, -0.2) is 47.8 Å². The van der Waals surface area contributed by atoms with Crippen LogP contribution >= 0.6 is 23.1 Å². The van der Waals surface area contributed by atoms with E-state index in [1.54, 1.807) is 23.1 Å². The lowest BCUT2D eigenvalue weighted by molar-refractivity contribution is 0.208. The van der Waals surface area contributed by atoms with Gasteiger partial charge in [0.2, 0.25) is 0 Å². The van der Waals surface area contributed by atoms with E-state index in [1.165, 1.54) is 0 Å². The highest BCUT2D eigenvalue weighted by atomic mass is 32.2. The first-order valence-corrected chi connectivity index (χ1v) is 9.56. The lowest BCUT2D eigenvalue weighted by Gasteiger charge is -2.34. The minimum absolute atomic E-state index is 0.0204. The molecule has 1 N–H and O–H groups in total. The number of nitrogens with one attached hydrogen (secondary N) is 1. The molecule has 0 radical (unpaired) electrons. The van der Waals surface area contributed by atoms with Gasteiger partial charge in [-0.25, -0.2) is 9.78 Å². The molecule has 2 aromatic rings. The predicted molar refractivity (Wildman–Crippen MR) is 97.8 cm³/mol. The number of nitrogens with zero attached hydrogens (tertiary/aromatic N) is 3.